The van der Waals surface area contributed by atoms with E-state index in [0.717, 1.165) is 24.0 Å². The summed E-state index contributed by atoms with van der Waals surface area (Å²) in [4.78, 5) is 13.7. The third-order valence-electron chi connectivity index (χ3n) is 4.91. The van der Waals surface area contributed by atoms with Crippen LogP contribution in [-0.4, -0.2) is 27.0 Å². The van der Waals surface area contributed by atoms with E-state index >= 15 is 0 Å². The number of fused-ring (bicyclic) bond motifs is 1. The van der Waals surface area contributed by atoms with E-state index in [2.05, 4.69) is 4.72 Å². The van der Waals surface area contributed by atoms with Crippen molar-refractivity contribution in [1.29, 1.82) is 0 Å². The molecular weight excluding hydrogens is 376 g/mol. The summed E-state index contributed by atoms with van der Waals surface area (Å²) in [6.45, 7) is 7.71. The molecule has 0 saturated carbocycles. The molecule has 0 bridgehead atoms. The maximum atomic E-state index is 13.1. The van der Waals surface area contributed by atoms with Gasteiger partial charge >= 0.3 is 0 Å². The highest BCUT2D eigenvalue weighted by Gasteiger charge is 2.28. The summed E-state index contributed by atoms with van der Waals surface area (Å²) < 4.78 is 34.7. The average molecular weight is 403 g/mol. The summed E-state index contributed by atoms with van der Waals surface area (Å²) in [7, 11) is -3.82. The van der Waals surface area contributed by atoms with Crippen molar-refractivity contribution in [2.75, 3.05) is 16.2 Å². The number of carbonyl (C=O) groups is 1. The molecule has 1 heterocycles. The number of amides is 1. The zero-order chi connectivity index (χ0) is 20.5. The largest absolute Gasteiger partial charge is 0.487 e. The van der Waals surface area contributed by atoms with E-state index in [-0.39, 0.29) is 16.9 Å². The third-order valence-corrected chi connectivity index (χ3v) is 6.26. The second-order valence-corrected chi connectivity index (χ2v) is 8.63. The lowest BCUT2D eigenvalue weighted by Gasteiger charge is -2.33. The Kier molecular flexibility index (Phi) is 5.65. The molecule has 150 valence electrons. The van der Waals surface area contributed by atoms with Gasteiger partial charge in [-0.2, -0.15) is 0 Å². The quantitative estimate of drug-likeness (QED) is 0.827. The van der Waals surface area contributed by atoms with E-state index < -0.39 is 10.0 Å². The number of hydrogen-bond acceptors (Lipinski definition) is 4. The molecule has 1 N–H and O–H groups in total. The van der Waals surface area contributed by atoms with Crippen LogP contribution in [0, 0.1) is 0 Å². The van der Waals surface area contributed by atoms with Crippen LogP contribution in [0.4, 0.5) is 11.4 Å². The first-order valence-corrected chi connectivity index (χ1v) is 11.0. The van der Waals surface area contributed by atoms with Crippen molar-refractivity contribution in [2.24, 2.45) is 0 Å². The fraction of sp³-hybridized carbons (Fsp3) is 0.381. The molecule has 2 aromatic rings. The van der Waals surface area contributed by atoms with Crippen LogP contribution >= 0.6 is 0 Å². The minimum atomic E-state index is -3.82. The van der Waals surface area contributed by atoms with E-state index in [4.69, 9.17) is 4.74 Å². The van der Waals surface area contributed by atoms with Crippen molar-refractivity contribution >= 4 is 27.3 Å². The summed E-state index contributed by atoms with van der Waals surface area (Å²) in [6.07, 6.45) is 1.29. The second-order valence-electron chi connectivity index (χ2n) is 6.95. The van der Waals surface area contributed by atoms with Crippen molar-refractivity contribution in [3.63, 3.8) is 0 Å². The molecule has 0 unspecified atom stereocenters. The standard InChI is InChI=1S/C21H26N2O4S/c1-5-16-8-7-9-17(6-2)21(16)22-28(25,26)18-10-11-20-19(12-18)23(15(4)24)13-14(3)27-20/h7-12,14,22H,5-6,13H2,1-4H3/t14-/m1/s1. The predicted molar refractivity (Wildman–Crippen MR) is 111 cm³/mol. The SMILES string of the molecule is CCc1cccc(CC)c1NS(=O)(=O)c1ccc2c(c1)N(C(C)=O)C[C@@H](C)O2. The third kappa shape index (κ3) is 3.85. The summed E-state index contributed by atoms with van der Waals surface area (Å²) >= 11 is 0. The van der Waals surface area contributed by atoms with Gasteiger partial charge in [0, 0.05) is 6.92 Å². The fourth-order valence-electron chi connectivity index (χ4n) is 3.45. The van der Waals surface area contributed by atoms with Gasteiger partial charge < -0.3 is 9.64 Å². The minimum absolute atomic E-state index is 0.101. The fourth-order valence-corrected chi connectivity index (χ4v) is 4.61. The second kappa shape index (κ2) is 7.83. The first kappa shape index (κ1) is 20.2. The summed E-state index contributed by atoms with van der Waals surface area (Å²) in [5.41, 5.74) is 3.01. The first-order chi connectivity index (χ1) is 13.3. The average Bonchev–Trinajstić information content (AvgIpc) is 2.66. The predicted octanol–water partition coefficient (Wildman–Crippen LogP) is 3.75. The van der Waals surface area contributed by atoms with Gasteiger partial charge in [-0.05, 0) is 49.1 Å². The van der Waals surface area contributed by atoms with E-state index in [0.29, 0.717) is 23.7 Å². The van der Waals surface area contributed by atoms with Crippen molar-refractivity contribution in [3.8, 4) is 5.75 Å². The Morgan fingerprint density at radius 3 is 2.39 bits per heavy atom. The van der Waals surface area contributed by atoms with Gasteiger partial charge in [0.1, 0.15) is 11.9 Å². The van der Waals surface area contributed by atoms with Crippen LogP contribution in [0.2, 0.25) is 0 Å². The lowest BCUT2D eigenvalue weighted by molar-refractivity contribution is -0.117. The van der Waals surface area contributed by atoms with Crippen molar-refractivity contribution in [1.82, 2.24) is 0 Å². The normalized spacial score (nSPS) is 16.3. The van der Waals surface area contributed by atoms with Gasteiger partial charge in [-0.1, -0.05) is 32.0 Å². The van der Waals surface area contributed by atoms with Gasteiger partial charge in [0.05, 0.1) is 22.8 Å². The van der Waals surface area contributed by atoms with Crippen LogP contribution in [0.15, 0.2) is 41.3 Å². The molecule has 28 heavy (non-hydrogen) atoms. The Balaban J connectivity index is 2.03. The van der Waals surface area contributed by atoms with Crippen LogP contribution in [-0.2, 0) is 27.7 Å². The highest BCUT2D eigenvalue weighted by atomic mass is 32.2. The van der Waals surface area contributed by atoms with E-state index in [1.165, 1.54) is 19.1 Å². The van der Waals surface area contributed by atoms with E-state index in [1.807, 2.05) is 39.0 Å². The molecule has 1 aliphatic rings. The highest BCUT2D eigenvalue weighted by Crippen LogP contribution is 2.36. The van der Waals surface area contributed by atoms with Gasteiger partial charge in [-0.3, -0.25) is 9.52 Å². The summed E-state index contributed by atoms with van der Waals surface area (Å²) in [6, 6.07) is 10.4. The Hall–Kier alpha value is -2.54. The Labute approximate surface area is 166 Å². The van der Waals surface area contributed by atoms with Crippen LogP contribution in [0.5, 0.6) is 5.75 Å². The molecule has 3 rings (SSSR count). The number of carbonyl (C=O) groups excluding carboxylic acids is 1. The summed E-state index contributed by atoms with van der Waals surface area (Å²) in [5.74, 6) is 0.361. The number of aryl methyl sites for hydroxylation is 2. The molecule has 0 fully saturated rings. The molecular formula is C21H26N2O4S. The molecule has 2 aromatic carbocycles. The Morgan fingerprint density at radius 1 is 1.18 bits per heavy atom. The zero-order valence-corrected chi connectivity index (χ0v) is 17.5. The number of ether oxygens (including phenoxy) is 1. The van der Waals surface area contributed by atoms with Gasteiger partial charge in [0.25, 0.3) is 10.0 Å². The smallest absolute Gasteiger partial charge is 0.261 e. The van der Waals surface area contributed by atoms with E-state index in [9.17, 15) is 13.2 Å². The maximum absolute atomic E-state index is 13.1. The van der Waals surface area contributed by atoms with Crippen molar-refractivity contribution < 1.29 is 17.9 Å². The highest BCUT2D eigenvalue weighted by molar-refractivity contribution is 7.92. The van der Waals surface area contributed by atoms with Crippen molar-refractivity contribution in [2.45, 2.75) is 51.5 Å². The monoisotopic (exact) mass is 402 g/mol. The molecule has 1 aliphatic heterocycles. The van der Waals surface area contributed by atoms with Crippen LogP contribution in [0.1, 0.15) is 38.8 Å². The minimum Gasteiger partial charge on any atom is -0.487 e. The van der Waals surface area contributed by atoms with Crippen LogP contribution in [0.25, 0.3) is 0 Å². The number of para-hydroxylation sites is 1. The van der Waals surface area contributed by atoms with Crippen LogP contribution in [0.3, 0.4) is 0 Å². The molecule has 6 nitrogen and oxygen atoms in total. The molecule has 1 atom stereocenters. The number of rotatable bonds is 5. The topological polar surface area (TPSA) is 75.7 Å². The Bertz CT molecular complexity index is 979. The van der Waals surface area contributed by atoms with Gasteiger partial charge in [0.2, 0.25) is 5.91 Å². The van der Waals surface area contributed by atoms with Crippen molar-refractivity contribution in [3.05, 3.63) is 47.5 Å². The first-order valence-electron chi connectivity index (χ1n) is 9.49. The number of sulfonamides is 1. The van der Waals surface area contributed by atoms with E-state index in [1.54, 1.807) is 11.0 Å². The molecule has 0 aliphatic carbocycles. The molecule has 1 amide bonds. The number of nitrogens with one attached hydrogen (secondary N) is 1. The van der Waals surface area contributed by atoms with Gasteiger partial charge in [-0.15, -0.1) is 0 Å². The Morgan fingerprint density at radius 2 is 1.82 bits per heavy atom. The molecule has 0 spiro atoms. The molecule has 7 heteroatoms. The molecule has 0 radical (unpaired) electrons. The molecule has 0 aromatic heterocycles. The number of anilines is 2. The zero-order valence-electron chi connectivity index (χ0n) is 16.7. The van der Waals surface area contributed by atoms with Gasteiger partial charge in [0.15, 0.2) is 0 Å². The number of hydrogen-bond donors (Lipinski definition) is 1. The van der Waals surface area contributed by atoms with Gasteiger partial charge in [-0.25, -0.2) is 8.42 Å². The number of nitrogens with zero attached hydrogens (tertiary/aromatic N) is 1. The maximum Gasteiger partial charge on any atom is 0.261 e. The lowest BCUT2D eigenvalue weighted by atomic mass is 10.0. The van der Waals surface area contributed by atoms with Crippen LogP contribution < -0.4 is 14.4 Å². The lowest BCUT2D eigenvalue weighted by Crippen LogP contribution is -2.41. The summed E-state index contributed by atoms with van der Waals surface area (Å²) in [5, 5.41) is 0. The number of benzene rings is 2. The molecule has 0 saturated heterocycles.